The topological polar surface area (TPSA) is 47.6 Å². The van der Waals surface area contributed by atoms with E-state index in [0.29, 0.717) is 12.1 Å². The number of methoxy groups -OCH3 is 1. The number of aryl methyl sites for hydroxylation is 1. The van der Waals surface area contributed by atoms with Crippen LogP contribution in [0.1, 0.15) is 45.6 Å². The summed E-state index contributed by atoms with van der Waals surface area (Å²) in [6, 6.07) is 29.0. The summed E-state index contributed by atoms with van der Waals surface area (Å²) in [7, 11) is 1.41. The number of hydrogen-bond acceptors (Lipinski definition) is 4. The molecule has 1 aliphatic rings. The van der Waals surface area contributed by atoms with Gasteiger partial charge in [0.25, 0.3) is 0 Å². The van der Waals surface area contributed by atoms with E-state index in [2.05, 4.69) is 72.9 Å². The predicted octanol–water partition coefficient (Wildman–Crippen LogP) is 6.48. The van der Waals surface area contributed by atoms with E-state index in [1.807, 2.05) is 37.3 Å². The number of rotatable bonds is 6. The van der Waals surface area contributed by atoms with Crippen LogP contribution < -0.4 is 10.1 Å². The summed E-state index contributed by atoms with van der Waals surface area (Å²) in [6.45, 7) is 4.76. The Bertz CT molecular complexity index is 1420. The molecule has 0 saturated heterocycles. The molecule has 0 saturated carbocycles. The van der Waals surface area contributed by atoms with Crippen molar-refractivity contribution >= 4 is 22.3 Å². The minimum absolute atomic E-state index is 0.153. The molecule has 4 heteroatoms. The molecule has 0 aromatic heterocycles. The summed E-state index contributed by atoms with van der Waals surface area (Å²) in [4.78, 5) is 12.3. The zero-order valence-corrected chi connectivity index (χ0v) is 20.2. The van der Waals surface area contributed by atoms with Gasteiger partial charge in [-0.15, -0.1) is 0 Å². The molecule has 0 fully saturated rings. The second-order valence-electron chi connectivity index (χ2n) is 8.95. The van der Waals surface area contributed by atoms with Crippen LogP contribution in [0.5, 0.6) is 5.75 Å². The highest BCUT2D eigenvalue weighted by atomic mass is 16.5. The van der Waals surface area contributed by atoms with Gasteiger partial charge in [0.2, 0.25) is 0 Å². The Morgan fingerprint density at radius 3 is 2.63 bits per heavy atom. The van der Waals surface area contributed by atoms with Gasteiger partial charge in [-0.25, -0.2) is 4.79 Å². The Morgan fingerprint density at radius 1 is 1.00 bits per heavy atom. The van der Waals surface area contributed by atoms with Gasteiger partial charge >= 0.3 is 5.97 Å². The Morgan fingerprint density at radius 2 is 1.77 bits per heavy atom. The van der Waals surface area contributed by atoms with Crippen LogP contribution in [0.3, 0.4) is 0 Å². The van der Waals surface area contributed by atoms with Crippen LogP contribution >= 0.6 is 0 Å². The first-order valence-electron chi connectivity index (χ1n) is 11.9. The van der Waals surface area contributed by atoms with Gasteiger partial charge in [-0.1, -0.05) is 72.8 Å². The maximum Gasteiger partial charge on any atom is 0.338 e. The molecule has 1 heterocycles. The number of carbonyl (C=O) groups excluding carboxylic acids is 1. The van der Waals surface area contributed by atoms with Gasteiger partial charge < -0.3 is 14.8 Å². The van der Waals surface area contributed by atoms with E-state index >= 15 is 0 Å². The summed E-state index contributed by atoms with van der Waals surface area (Å²) in [5.74, 6) is 0.516. The van der Waals surface area contributed by atoms with E-state index in [1.165, 1.54) is 23.4 Å². The van der Waals surface area contributed by atoms with Crippen LogP contribution in [-0.4, -0.2) is 25.7 Å². The number of hydrogen-bond donors (Lipinski definition) is 1. The van der Waals surface area contributed by atoms with Crippen molar-refractivity contribution in [2.45, 2.75) is 26.0 Å². The monoisotopic (exact) mass is 463 g/mol. The van der Waals surface area contributed by atoms with Crippen LogP contribution in [0.25, 0.3) is 16.3 Å². The zero-order chi connectivity index (χ0) is 24.4. The first-order valence-corrected chi connectivity index (χ1v) is 11.9. The van der Waals surface area contributed by atoms with E-state index in [-0.39, 0.29) is 18.1 Å². The van der Waals surface area contributed by atoms with E-state index in [0.717, 1.165) is 28.0 Å². The summed E-state index contributed by atoms with van der Waals surface area (Å²) in [6.07, 6.45) is 2.00. The Balaban J connectivity index is 1.44. The molecular formula is C31H29NO3. The first kappa shape index (κ1) is 22.9. The fraction of sp³-hybridized carbons (Fsp3) is 0.194. The molecule has 1 aliphatic heterocycles. The number of benzene rings is 4. The lowest BCUT2D eigenvalue weighted by molar-refractivity contribution is 0.0600. The molecule has 0 radical (unpaired) electrons. The van der Waals surface area contributed by atoms with Gasteiger partial charge in [0.15, 0.2) is 0 Å². The Hall–Kier alpha value is -3.89. The molecule has 0 aliphatic carbocycles. The molecule has 0 bridgehead atoms. The van der Waals surface area contributed by atoms with Crippen LogP contribution in [0.15, 0.2) is 91.0 Å². The average Bonchev–Trinajstić information content (AvgIpc) is 2.90. The van der Waals surface area contributed by atoms with Crippen LogP contribution in [0, 0.1) is 6.92 Å². The largest absolute Gasteiger partial charge is 0.484 e. The van der Waals surface area contributed by atoms with Crippen molar-refractivity contribution in [3.8, 4) is 5.75 Å². The molecule has 0 unspecified atom stereocenters. The van der Waals surface area contributed by atoms with Crippen molar-refractivity contribution in [1.82, 2.24) is 5.32 Å². The molecule has 5 rings (SSSR count). The minimum Gasteiger partial charge on any atom is -0.484 e. The summed E-state index contributed by atoms with van der Waals surface area (Å²) in [5, 5.41) is 6.17. The average molecular weight is 464 g/mol. The SMILES string of the molecule is COC(=O)c1cc(C2=C[C@H](CN[C@H](C)c3cccc4ccccc34)Oc3ccccc32)ccc1C. The van der Waals surface area contributed by atoms with Crippen LogP contribution in [0.4, 0.5) is 0 Å². The number of nitrogens with one attached hydrogen (secondary N) is 1. The molecular weight excluding hydrogens is 434 g/mol. The number of fused-ring (bicyclic) bond motifs is 2. The molecule has 176 valence electrons. The molecule has 2 atom stereocenters. The summed E-state index contributed by atoms with van der Waals surface area (Å²) < 4.78 is 11.3. The number of carbonyl (C=O) groups is 1. The molecule has 0 spiro atoms. The van der Waals surface area contributed by atoms with E-state index in [1.54, 1.807) is 0 Å². The van der Waals surface area contributed by atoms with Crippen molar-refractivity contribution in [2.75, 3.05) is 13.7 Å². The highest BCUT2D eigenvalue weighted by Gasteiger charge is 2.23. The normalized spacial score (nSPS) is 15.6. The smallest absolute Gasteiger partial charge is 0.338 e. The van der Waals surface area contributed by atoms with Gasteiger partial charge in [0.1, 0.15) is 11.9 Å². The van der Waals surface area contributed by atoms with Crippen molar-refractivity contribution in [3.63, 3.8) is 0 Å². The zero-order valence-electron chi connectivity index (χ0n) is 20.2. The number of esters is 1. The molecule has 1 N–H and O–H groups in total. The van der Waals surface area contributed by atoms with Crippen molar-refractivity contribution in [2.24, 2.45) is 0 Å². The Kier molecular flexibility index (Phi) is 6.39. The van der Waals surface area contributed by atoms with E-state index in [9.17, 15) is 4.79 Å². The van der Waals surface area contributed by atoms with Crippen molar-refractivity contribution in [1.29, 1.82) is 0 Å². The lowest BCUT2D eigenvalue weighted by Crippen LogP contribution is -2.33. The maximum atomic E-state index is 12.3. The minimum atomic E-state index is -0.326. The van der Waals surface area contributed by atoms with Gasteiger partial charge in [-0.2, -0.15) is 0 Å². The lowest BCUT2D eigenvalue weighted by Gasteiger charge is -2.27. The lowest BCUT2D eigenvalue weighted by atomic mass is 9.91. The first-order chi connectivity index (χ1) is 17.0. The molecule has 35 heavy (non-hydrogen) atoms. The molecule has 4 aromatic rings. The standard InChI is InChI=1S/C31H29NO3/c1-20-15-16-23(17-28(20)31(33)34-3)29-18-24(35-30-14-7-6-12-27(29)30)19-32-21(2)25-13-8-10-22-9-4-5-11-26(22)25/h4-18,21,24,32H,19H2,1-3H3/t21-,24-/m1/s1. The van der Waals surface area contributed by atoms with E-state index in [4.69, 9.17) is 9.47 Å². The maximum absolute atomic E-state index is 12.3. The highest BCUT2D eigenvalue weighted by Crippen LogP contribution is 2.36. The number of ether oxygens (including phenoxy) is 2. The van der Waals surface area contributed by atoms with E-state index < -0.39 is 0 Å². The van der Waals surface area contributed by atoms with Crippen LogP contribution in [-0.2, 0) is 4.74 Å². The third kappa shape index (κ3) is 4.58. The third-order valence-electron chi connectivity index (χ3n) is 6.68. The van der Waals surface area contributed by atoms with Crippen molar-refractivity contribution in [3.05, 3.63) is 119 Å². The third-order valence-corrected chi connectivity index (χ3v) is 6.68. The molecule has 4 nitrogen and oxygen atoms in total. The quantitative estimate of drug-likeness (QED) is 0.333. The molecule has 0 amide bonds. The predicted molar refractivity (Wildman–Crippen MR) is 141 cm³/mol. The van der Waals surface area contributed by atoms with Gasteiger partial charge in [0, 0.05) is 18.2 Å². The Labute approximate surface area is 206 Å². The van der Waals surface area contributed by atoms with Gasteiger partial charge in [0.05, 0.1) is 12.7 Å². The number of para-hydroxylation sites is 1. The second-order valence-corrected chi connectivity index (χ2v) is 8.95. The second kappa shape index (κ2) is 9.77. The van der Waals surface area contributed by atoms with Gasteiger partial charge in [-0.05, 0) is 65.1 Å². The van der Waals surface area contributed by atoms with Crippen LogP contribution in [0.2, 0.25) is 0 Å². The summed E-state index contributed by atoms with van der Waals surface area (Å²) >= 11 is 0. The van der Waals surface area contributed by atoms with Crippen molar-refractivity contribution < 1.29 is 14.3 Å². The fourth-order valence-electron chi connectivity index (χ4n) is 4.77. The molecule has 4 aromatic carbocycles. The summed E-state index contributed by atoms with van der Waals surface area (Å²) in [5.41, 5.74) is 5.79. The highest BCUT2D eigenvalue weighted by molar-refractivity contribution is 5.94. The van der Waals surface area contributed by atoms with Gasteiger partial charge in [-0.3, -0.25) is 0 Å². The fourth-order valence-corrected chi connectivity index (χ4v) is 4.77.